The zero-order valence-electron chi connectivity index (χ0n) is 17.5. The molecule has 0 aromatic heterocycles. The SMILES string of the molecule is CCCCCCN=C(NP(c1ccccc1)c1ccccc1)c1ccc(C)cc1. The fraction of sp³-hybridized carbons (Fsp3) is 0.269. The van der Waals surface area contributed by atoms with Gasteiger partial charge in [0, 0.05) is 22.7 Å². The van der Waals surface area contributed by atoms with Crippen molar-refractivity contribution in [1.82, 2.24) is 5.09 Å². The number of amidine groups is 1. The molecule has 1 N–H and O–H groups in total. The number of aliphatic imine (C=N–C) groups is 1. The van der Waals surface area contributed by atoms with Crippen LogP contribution in [0.2, 0.25) is 0 Å². The maximum atomic E-state index is 5.01. The molecule has 150 valence electrons. The van der Waals surface area contributed by atoms with E-state index in [1.807, 2.05) is 0 Å². The predicted molar refractivity (Wildman–Crippen MR) is 129 cm³/mol. The van der Waals surface area contributed by atoms with Gasteiger partial charge in [0.2, 0.25) is 0 Å². The van der Waals surface area contributed by atoms with Crippen molar-refractivity contribution < 1.29 is 0 Å². The van der Waals surface area contributed by atoms with Crippen molar-refractivity contribution in [2.45, 2.75) is 39.5 Å². The molecule has 3 aromatic carbocycles. The van der Waals surface area contributed by atoms with Crippen LogP contribution in [0, 0.1) is 6.92 Å². The Morgan fingerprint density at radius 3 is 1.90 bits per heavy atom. The van der Waals surface area contributed by atoms with Crippen LogP contribution in [0.15, 0.2) is 89.9 Å². The van der Waals surface area contributed by atoms with Crippen molar-refractivity contribution in [3.05, 3.63) is 96.1 Å². The van der Waals surface area contributed by atoms with Crippen molar-refractivity contribution in [1.29, 1.82) is 0 Å². The topological polar surface area (TPSA) is 24.4 Å². The third-order valence-electron chi connectivity index (χ3n) is 4.85. The summed E-state index contributed by atoms with van der Waals surface area (Å²) in [6, 6.07) is 30.1. The molecule has 0 heterocycles. The fourth-order valence-electron chi connectivity index (χ4n) is 3.17. The Kier molecular flexibility index (Phi) is 8.46. The highest BCUT2D eigenvalue weighted by Gasteiger charge is 2.16. The summed E-state index contributed by atoms with van der Waals surface area (Å²) in [6.45, 7) is 5.23. The molecule has 0 fully saturated rings. The minimum Gasteiger partial charge on any atom is -0.341 e. The third-order valence-corrected chi connectivity index (χ3v) is 6.92. The number of nitrogens with zero attached hydrogens (tertiary/aromatic N) is 1. The van der Waals surface area contributed by atoms with E-state index in [9.17, 15) is 0 Å². The third kappa shape index (κ3) is 6.54. The van der Waals surface area contributed by atoms with E-state index in [-0.39, 0.29) is 0 Å². The van der Waals surface area contributed by atoms with Crippen molar-refractivity contribution in [2.75, 3.05) is 6.54 Å². The lowest BCUT2D eigenvalue weighted by atomic mass is 10.1. The molecule has 0 saturated heterocycles. The van der Waals surface area contributed by atoms with E-state index in [0.717, 1.165) is 24.4 Å². The largest absolute Gasteiger partial charge is 0.341 e. The molecule has 3 heteroatoms. The van der Waals surface area contributed by atoms with E-state index >= 15 is 0 Å². The van der Waals surface area contributed by atoms with Crippen LogP contribution >= 0.6 is 8.07 Å². The molecular formula is C26H31N2P. The van der Waals surface area contributed by atoms with Gasteiger partial charge in [-0.2, -0.15) is 0 Å². The molecule has 0 saturated carbocycles. The number of hydrogen-bond donors (Lipinski definition) is 1. The molecule has 0 bridgehead atoms. The van der Waals surface area contributed by atoms with Crippen LogP contribution in [-0.2, 0) is 0 Å². The van der Waals surface area contributed by atoms with E-state index in [1.54, 1.807) is 0 Å². The van der Waals surface area contributed by atoms with Crippen molar-refractivity contribution >= 4 is 24.5 Å². The smallest absolute Gasteiger partial charge is 0.132 e. The monoisotopic (exact) mass is 402 g/mol. The van der Waals surface area contributed by atoms with E-state index in [2.05, 4.69) is 104 Å². The van der Waals surface area contributed by atoms with Crippen molar-refractivity contribution in [3.8, 4) is 0 Å². The van der Waals surface area contributed by atoms with Crippen LogP contribution in [0.5, 0.6) is 0 Å². The molecule has 0 aliphatic carbocycles. The maximum Gasteiger partial charge on any atom is 0.132 e. The molecule has 0 spiro atoms. The minimum absolute atomic E-state index is 0.730. The molecule has 0 atom stereocenters. The first-order valence-electron chi connectivity index (χ1n) is 10.6. The van der Waals surface area contributed by atoms with Gasteiger partial charge in [-0.25, -0.2) is 0 Å². The predicted octanol–water partition coefficient (Wildman–Crippen LogP) is 5.96. The van der Waals surface area contributed by atoms with E-state index < -0.39 is 8.07 Å². The lowest BCUT2D eigenvalue weighted by Crippen LogP contribution is -2.29. The summed E-state index contributed by atoms with van der Waals surface area (Å²) in [5.74, 6) is 1.00. The molecule has 0 aliphatic heterocycles. The molecule has 2 nitrogen and oxygen atoms in total. The molecule has 3 rings (SSSR count). The number of hydrogen-bond acceptors (Lipinski definition) is 1. The highest BCUT2D eigenvalue weighted by Crippen LogP contribution is 2.29. The normalized spacial score (nSPS) is 11.6. The van der Waals surface area contributed by atoms with Gasteiger partial charge in [0.1, 0.15) is 5.84 Å². The van der Waals surface area contributed by atoms with Crippen molar-refractivity contribution in [2.24, 2.45) is 4.99 Å². The maximum absolute atomic E-state index is 5.01. The van der Waals surface area contributed by atoms with E-state index in [1.165, 1.54) is 35.4 Å². The molecular weight excluding hydrogens is 371 g/mol. The van der Waals surface area contributed by atoms with Crippen LogP contribution < -0.4 is 15.7 Å². The summed E-state index contributed by atoms with van der Waals surface area (Å²) >= 11 is 0. The Bertz CT molecular complexity index is 834. The molecule has 0 aliphatic rings. The zero-order chi connectivity index (χ0) is 20.3. The first-order chi connectivity index (χ1) is 14.3. The molecule has 0 unspecified atom stereocenters. The molecule has 0 radical (unpaired) electrons. The van der Waals surface area contributed by atoms with Crippen LogP contribution in [-0.4, -0.2) is 12.4 Å². The second-order valence-electron chi connectivity index (χ2n) is 7.28. The van der Waals surface area contributed by atoms with Crippen LogP contribution in [0.1, 0.15) is 43.7 Å². The Labute approximate surface area is 176 Å². The lowest BCUT2D eigenvalue weighted by Gasteiger charge is -2.22. The van der Waals surface area contributed by atoms with Crippen molar-refractivity contribution in [3.63, 3.8) is 0 Å². The number of benzene rings is 3. The highest BCUT2D eigenvalue weighted by molar-refractivity contribution is 7.71. The van der Waals surface area contributed by atoms with Gasteiger partial charge in [0.15, 0.2) is 0 Å². The Hall–Kier alpha value is -2.44. The number of nitrogens with one attached hydrogen (secondary N) is 1. The second kappa shape index (κ2) is 11.5. The average Bonchev–Trinajstić information content (AvgIpc) is 2.77. The number of aryl methyl sites for hydroxylation is 1. The van der Waals surface area contributed by atoms with Gasteiger partial charge in [-0.05, 0) is 13.3 Å². The summed E-state index contributed by atoms with van der Waals surface area (Å²) < 4.78 is 0. The summed E-state index contributed by atoms with van der Waals surface area (Å²) in [4.78, 5) is 5.01. The average molecular weight is 403 g/mol. The quantitative estimate of drug-likeness (QED) is 0.203. The Morgan fingerprint density at radius 2 is 1.34 bits per heavy atom. The fourth-order valence-corrected chi connectivity index (χ4v) is 5.08. The van der Waals surface area contributed by atoms with Crippen LogP contribution in [0.25, 0.3) is 0 Å². The summed E-state index contributed by atoms with van der Waals surface area (Å²) in [5.41, 5.74) is 2.43. The van der Waals surface area contributed by atoms with Gasteiger partial charge in [-0.1, -0.05) is 117 Å². The number of unbranched alkanes of at least 4 members (excludes halogenated alkanes) is 3. The summed E-state index contributed by atoms with van der Waals surface area (Å²) in [7, 11) is -0.730. The van der Waals surface area contributed by atoms with Gasteiger partial charge >= 0.3 is 0 Å². The van der Waals surface area contributed by atoms with Gasteiger partial charge in [-0.15, -0.1) is 0 Å². The molecule has 0 amide bonds. The van der Waals surface area contributed by atoms with Gasteiger partial charge in [0.25, 0.3) is 0 Å². The van der Waals surface area contributed by atoms with Gasteiger partial charge in [-0.3, -0.25) is 4.99 Å². The summed E-state index contributed by atoms with van der Waals surface area (Å²) in [5, 5.41) is 6.44. The zero-order valence-corrected chi connectivity index (χ0v) is 18.4. The lowest BCUT2D eigenvalue weighted by molar-refractivity contribution is 0.675. The Morgan fingerprint density at radius 1 is 0.759 bits per heavy atom. The Balaban J connectivity index is 1.90. The van der Waals surface area contributed by atoms with E-state index in [0.29, 0.717) is 0 Å². The van der Waals surface area contributed by atoms with E-state index in [4.69, 9.17) is 4.99 Å². The first-order valence-corrected chi connectivity index (χ1v) is 11.9. The minimum atomic E-state index is -0.730. The standard InChI is InChI=1S/C26H31N2P/c1-3-4-5-12-21-27-26(23-19-17-22(2)18-20-23)28-29(24-13-8-6-9-14-24)25-15-10-7-11-16-25/h6-11,13-20H,3-5,12,21H2,1-2H3,(H,27,28). The summed E-state index contributed by atoms with van der Waals surface area (Å²) in [6.07, 6.45) is 4.91. The highest BCUT2D eigenvalue weighted by atomic mass is 31.1. The second-order valence-corrected chi connectivity index (χ2v) is 9.20. The van der Waals surface area contributed by atoms with Crippen LogP contribution in [0.4, 0.5) is 0 Å². The molecule has 3 aromatic rings. The first kappa shape index (κ1) is 21.3. The number of rotatable bonds is 9. The molecule has 29 heavy (non-hydrogen) atoms. The van der Waals surface area contributed by atoms with Crippen LogP contribution in [0.3, 0.4) is 0 Å². The van der Waals surface area contributed by atoms with Gasteiger partial charge in [0.05, 0.1) is 8.07 Å². The van der Waals surface area contributed by atoms with Gasteiger partial charge < -0.3 is 5.09 Å².